The van der Waals surface area contributed by atoms with Gasteiger partial charge in [-0.1, -0.05) is 0 Å². The molecule has 2 heteroatoms. The minimum absolute atomic E-state index is 0.658. The van der Waals surface area contributed by atoms with Crippen LogP contribution in [0.5, 0.6) is 0 Å². The van der Waals surface area contributed by atoms with Crippen molar-refractivity contribution < 1.29 is 0 Å². The van der Waals surface area contributed by atoms with E-state index in [1.807, 2.05) is 0 Å². The van der Waals surface area contributed by atoms with Crippen molar-refractivity contribution in [1.82, 2.24) is 10.2 Å². The first kappa shape index (κ1) is 10.1. The van der Waals surface area contributed by atoms with E-state index in [9.17, 15) is 0 Å². The highest BCUT2D eigenvalue weighted by Gasteiger charge is 2.37. The lowest BCUT2D eigenvalue weighted by atomic mass is 9.74. The quantitative estimate of drug-likeness (QED) is 0.745. The fraction of sp³-hybridized carbons (Fsp3) is 1.00. The van der Waals surface area contributed by atoms with Gasteiger partial charge >= 0.3 is 0 Å². The first-order valence-electron chi connectivity index (χ1n) is 6.79. The molecule has 1 spiro atoms. The molecule has 1 N–H and O–H groups in total. The zero-order valence-corrected chi connectivity index (χ0v) is 9.80. The third-order valence-corrected chi connectivity index (χ3v) is 4.51. The van der Waals surface area contributed by atoms with Crippen LogP contribution in [0.2, 0.25) is 0 Å². The number of nitrogens with one attached hydrogen (secondary N) is 1. The van der Waals surface area contributed by atoms with Crippen LogP contribution in [0.3, 0.4) is 0 Å². The second kappa shape index (κ2) is 4.06. The van der Waals surface area contributed by atoms with Gasteiger partial charge in [0.25, 0.3) is 0 Å². The Morgan fingerprint density at radius 1 is 1.20 bits per heavy atom. The van der Waals surface area contributed by atoms with E-state index < -0.39 is 0 Å². The van der Waals surface area contributed by atoms with Gasteiger partial charge in [-0.25, -0.2) is 0 Å². The normalized spacial score (nSPS) is 38.4. The van der Waals surface area contributed by atoms with Crippen molar-refractivity contribution in [3.05, 3.63) is 0 Å². The van der Waals surface area contributed by atoms with Crippen LogP contribution in [0.4, 0.5) is 0 Å². The Labute approximate surface area is 93.4 Å². The highest BCUT2D eigenvalue weighted by atomic mass is 15.2. The maximum atomic E-state index is 3.61. The number of likely N-dealkylation sites (tertiary alicyclic amines) is 1. The lowest BCUT2D eigenvalue weighted by molar-refractivity contribution is 0.0619. The standard InChI is InChI=1S/C13H24N2/c1-5-13(10-14-7-1)6-2-8-15(11-13)9-12-3-4-12/h12,14H,1-11H2. The van der Waals surface area contributed by atoms with Gasteiger partial charge < -0.3 is 10.2 Å². The van der Waals surface area contributed by atoms with Crippen LogP contribution in [0, 0.1) is 11.3 Å². The third kappa shape index (κ3) is 2.36. The summed E-state index contributed by atoms with van der Waals surface area (Å²) < 4.78 is 0. The number of nitrogens with zero attached hydrogens (tertiary/aromatic N) is 1. The Hall–Kier alpha value is -0.0800. The molecular formula is C13H24N2. The zero-order valence-electron chi connectivity index (χ0n) is 9.80. The first-order valence-corrected chi connectivity index (χ1v) is 6.79. The van der Waals surface area contributed by atoms with Gasteiger partial charge in [0.1, 0.15) is 0 Å². The molecule has 1 unspecified atom stereocenters. The summed E-state index contributed by atoms with van der Waals surface area (Å²) in [4.78, 5) is 2.76. The van der Waals surface area contributed by atoms with E-state index in [1.165, 1.54) is 71.2 Å². The van der Waals surface area contributed by atoms with Gasteiger partial charge in [-0.3, -0.25) is 0 Å². The first-order chi connectivity index (χ1) is 7.36. The Kier molecular flexibility index (Phi) is 2.73. The Bertz CT molecular complexity index is 211. The SMILES string of the molecule is C1CNCC2(C1)CCCN(CC1CC1)C2. The van der Waals surface area contributed by atoms with Crippen LogP contribution in [0.25, 0.3) is 0 Å². The van der Waals surface area contributed by atoms with E-state index >= 15 is 0 Å². The minimum atomic E-state index is 0.658. The molecule has 1 saturated carbocycles. The molecule has 15 heavy (non-hydrogen) atoms. The molecule has 0 aromatic carbocycles. The summed E-state index contributed by atoms with van der Waals surface area (Å²) in [5.41, 5.74) is 0.658. The van der Waals surface area contributed by atoms with Crippen LogP contribution in [0.1, 0.15) is 38.5 Å². The van der Waals surface area contributed by atoms with E-state index in [4.69, 9.17) is 0 Å². The predicted octanol–water partition coefficient (Wildman–Crippen LogP) is 1.86. The van der Waals surface area contributed by atoms with Crippen LogP contribution in [-0.2, 0) is 0 Å². The van der Waals surface area contributed by atoms with Crippen molar-refractivity contribution in [1.29, 1.82) is 0 Å². The third-order valence-electron chi connectivity index (χ3n) is 4.51. The number of piperidine rings is 2. The molecule has 2 heterocycles. The van der Waals surface area contributed by atoms with Crippen molar-refractivity contribution >= 4 is 0 Å². The molecule has 2 nitrogen and oxygen atoms in total. The van der Waals surface area contributed by atoms with Crippen molar-refractivity contribution in [2.75, 3.05) is 32.7 Å². The van der Waals surface area contributed by atoms with Crippen LogP contribution < -0.4 is 5.32 Å². The van der Waals surface area contributed by atoms with Crippen molar-refractivity contribution in [3.8, 4) is 0 Å². The predicted molar refractivity (Wildman–Crippen MR) is 62.9 cm³/mol. The second-order valence-electron chi connectivity index (χ2n) is 6.06. The Morgan fingerprint density at radius 2 is 2.07 bits per heavy atom. The monoisotopic (exact) mass is 208 g/mol. The zero-order chi connectivity index (χ0) is 10.1. The topological polar surface area (TPSA) is 15.3 Å². The highest BCUT2D eigenvalue weighted by molar-refractivity contribution is 4.92. The van der Waals surface area contributed by atoms with Crippen molar-refractivity contribution in [3.63, 3.8) is 0 Å². The van der Waals surface area contributed by atoms with Gasteiger partial charge in [0, 0.05) is 19.6 Å². The lowest BCUT2D eigenvalue weighted by Gasteiger charge is -2.45. The molecule has 1 aliphatic carbocycles. The molecule has 3 aliphatic rings. The molecule has 0 bridgehead atoms. The highest BCUT2D eigenvalue weighted by Crippen LogP contribution is 2.38. The number of hydrogen-bond donors (Lipinski definition) is 1. The number of hydrogen-bond acceptors (Lipinski definition) is 2. The summed E-state index contributed by atoms with van der Waals surface area (Å²) in [5, 5.41) is 3.61. The van der Waals surface area contributed by atoms with Gasteiger partial charge in [-0.15, -0.1) is 0 Å². The Morgan fingerprint density at radius 3 is 2.80 bits per heavy atom. The Balaban J connectivity index is 1.58. The molecule has 0 aromatic heterocycles. The average Bonchev–Trinajstić information content (AvgIpc) is 3.03. The van der Waals surface area contributed by atoms with Gasteiger partial charge in [0.2, 0.25) is 0 Å². The minimum Gasteiger partial charge on any atom is -0.316 e. The second-order valence-corrected chi connectivity index (χ2v) is 6.06. The lowest BCUT2D eigenvalue weighted by Crippen LogP contribution is -2.51. The number of rotatable bonds is 2. The van der Waals surface area contributed by atoms with E-state index in [0.29, 0.717) is 5.41 Å². The molecule has 3 rings (SSSR count). The average molecular weight is 208 g/mol. The molecule has 0 amide bonds. The molecular weight excluding hydrogens is 184 g/mol. The summed E-state index contributed by atoms with van der Waals surface area (Å²) in [7, 11) is 0. The molecule has 86 valence electrons. The maximum absolute atomic E-state index is 3.61. The van der Waals surface area contributed by atoms with Gasteiger partial charge in [0.15, 0.2) is 0 Å². The summed E-state index contributed by atoms with van der Waals surface area (Å²) in [5.74, 6) is 1.07. The van der Waals surface area contributed by atoms with E-state index in [1.54, 1.807) is 0 Å². The molecule has 3 fully saturated rings. The van der Waals surface area contributed by atoms with E-state index in [-0.39, 0.29) is 0 Å². The molecule has 0 aromatic rings. The fourth-order valence-electron chi connectivity index (χ4n) is 3.51. The maximum Gasteiger partial charge on any atom is 0.00503 e. The molecule has 0 radical (unpaired) electrons. The molecule has 2 aliphatic heterocycles. The molecule has 2 saturated heterocycles. The van der Waals surface area contributed by atoms with Crippen molar-refractivity contribution in [2.24, 2.45) is 11.3 Å². The van der Waals surface area contributed by atoms with E-state index in [0.717, 1.165) is 5.92 Å². The molecule has 1 atom stereocenters. The largest absolute Gasteiger partial charge is 0.316 e. The van der Waals surface area contributed by atoms with Gasteiger partial charge in [-0.2, -0.15) is 0 Å². The van der Waals surface area contributed by atoms with Crippen LogP contribution in [-0.4, -0.2) is 37.6 Å². The summed E-state index contributed by atoms with van der Waals surface area (Å²) in [6, 6.07) is 0. The summed E-state index contributed by atoms with van der Waals surface area (Å²) in [6.07, 6.45) is 8.79. The summed E-state index contributed by atoms with van der Waals surface area (Å²) in [6.45, 7) is 6.70. The van der Waals surface area contributed by atoms with Crippen LogP contribution >= 0.6 is 0 Å². The smallest absolute Gasteiger partial charge is 0.00503 e. The fourth-order valence-corrected chi connectivity index (χ4v) is 3.51. The summed E-state index contributed by atoms with van der Waals surface area (Å²) >= 11 is 0. The van der Waals surface area contributed by atoms with E-state index in [2.05, 4.69) is 10.2 Å². The van der Waals surface area contributed by atoms with Gasteiger partial charge in [-0.05, 0) is 62.9 Å². The van der Waals surface area contributed by atoms with Crippen molar-refractivity contribution in [2.45, 2.75) is 38.5 Å². The van der Waals surface area contributed by atoms with Crippen LogP contribution in [0.15, 0.2) is 0 Å². The van der Waals surface area contributed by atoms with Gasteiger partial charge in [0.05, 0.1) is 0 Å².